The second kappa shape index (κ2) is 9.86. The minimum atomic E-state index is -0.523. The first-order valence-electron chi connectivity index (χ1n) is 11.3. The first-order chi connectivity index (χ1) is 15.0. The van der Waals surface area contributed by atoms with Crippen LogP contribution in [0.2, 0.25) is 0 Å². The molecule has 0 unspecified atom stereocenters. The van der Waals surface area contributed by atoms with E-state index in [0.717, 1.165) is 55.7 Å². The van der Waals surface area contributed by atoms with Crippen molar-refractivity contribution in [2.24, 2.45) is 0 Å². The third-order valence-corrected chi connectivity index (χ3v) is 6.42. The van der Waals surface area contributed by atoms with Crippen LogP contribution < -0.4 is 0 Å². The molecule has 2 aliphatic rings. The van der Waals surface area contributed by atoms with Gasteiger partial charge in [0.05, 0.1) is 12.5 Å². The number of piperidine rings is 1. The van der Waals surface area contributed by atoms with Crippen molar-refractivity contribution in [3.63, 3.8) is 0 Å². The van der Waals surface area contributed by atoms with Crippen molar-refractivity contribution < 1.29 is 18.3 Å². The van der Waals surface area contributed by atoms with E-state index in [4.69, 9.17) is 9.72 Å². The van der Waals surface area contributed by atoms with E-state index < -0.39 is 11.6 Å². The lowest BCUT2D eigenvalue weighted by molar-refractivity contribution is -0.136. The number of hydrogen-bond acceptors (Lipinski definition) is 3. The number of hydrogen-bond donors (Lipinski definition) is 0. The highest BCUT2D eigenvalue weighted by Crippen LogP contribution is 2.29. The zero-order chi connectivity index (χ0) is 21.8. The minimum absolute atomic E-state index is 0.0683. The second-order valence-electron chi connectivity index (χ2n) is 8.77. The predicted octanol–water partition coefficient (Wildman–Crippen LogP) is 4.92. The summed E-state index contributed by atoms with van der Waals surface area (Å²) in [4.78, 5) is 19.3. The van der Waals surface area contributed by atoms with E-state index in [1.165, 1.54) is 18.2 Å². The molecule has 1 amide bonds. The molecule has 6 heteroatoms. The summed E-state index contributed by atoms with van der Waals surface area (Å²) >= 11 is 0. The van der Waals surface area contributed by atoms with E-state index in [-0.39, 0.29) is 29.9 Å². The van der Waals surface area contributed by atoms with Gasteiger partial charge in [0.1, 0.15) is 11.6 Å². The first kappa shape index (κ1) is 21.9. The molecule has 0 spiro atoms. The number of carbonyl (C=O) groups is 1. The lowest BCUT2D eigenvalue weighted by Gasteiger charge is -2.33. The number of pyridine rings is 1. The SMILES string of the molecule is Cc1cc(Cc2c(F)cccc2F)cc(C2CCN(C(=O)C[C@@H]3CCCCO3)CC2)n1. The molecule has 1 aromatic heterocycles. The number of benzene rings is 1. The Kier molecular flexibility index (Phi) is 6.96. The van der Waals surface area contributed by atoms with Crippen LogP contribution in [0.5, 0.6) is 0 Å². The molecule has 3 heterocycles. The largest absolute Gasteiger partial charge is 0.378 e. The van der Waals surface area contributed by atoms with Crippen molar-refractivity contribution in [1.82, 2.24) is 9.88 Å². The van der Waals surface area contributed by atoms with Gasteiger partial charge in [-0.2, -0.15) is 0 Å². The summed E-state index contributed by atoms with van der Waals surface area (Å²) in [6, 6.07) is 7.82. The number of halogens is 2. The Morgan fingerprint density at radius 3 is 2.55 bits per heavy atom. The zero-order valence-corrected chi connectivity index (χ0v) is 18.1. The van der Waals surface area contributed by atoms with Crippen molar-refractivity contribution in [1.29, 1.82) is 0 Å². The van der Waals surface area contributed by atoms with Crippen molar-refractivity contribution in [2.75, 3.05) is 19.7 Å². The molecule has 1 atom stereocenters. The molecule has 0 saturated carbocycles. The van der Waals surface area contributed by atoms with Gasteiger partial charge in [0.2, 0.25) is 5.91 Å². The number of nitrogens with zero attached hydrogens (tertiary/aromatic N) is 2. The lowest BCUT2D eigenvalue weighted by atomic mass is 9.91. The maximum absolute atomic E-state index is 14.1. The van der Waals surface area contributed by atoms with Crippen LogP contribution in [-0.2, 0) is 16.0 Å². The molecule has 0 N–H and O–H groups in total. The van der Waals surface area contributed by atoms with Gasteiger partial charge >= 0.3 is 0 Å². The smallest absolute Gasteiger partial charge is 0.225 e. The van der Waals surface area contributed by atoms with Crippen LogP contribution in [0.1, 0.15) is 67.0 Å². The van der Waals surface area contributed by atoms with E-state index in [1.807, 2.05) is 24.0 Å². The average molecular weight is 429 g/mol. The van der Waals surface area contributed by atoms with Crippen LogP contribution in [0, 0.1) is 18.6 Å². The highest BCUT2D eigenvalue weighted by Gasteiger charge is 2.27. The number of aryl methyl sites for hydroxylation is 1. The molecule has 31 heavy (non-hydrogen) atoms. The molecule has 2 aliphatic heterocycles. The van der Waals surface area contributed by atoms with Gasteiger partial charge in [-0.1, -0.05) is 6.07 Å². The summed E-state index contributed by atoms with van der Waals surface area (Å²) < 4.78 is 33.9. The van der Waals surface area contributed by atoms with E-state index in [1.54, 1.807) is 0 Å². The fraction of sp³-hybridized carbons (Fsp3) is 0.520. The standard InChI is InChI=1S/C25H30F2N2O2/c1-17-13-18(14-21-22(26)6-4-7-23(21)27)15-24(28-17)19-8-10-29(11-9-19)25(30)16-20-5-2-3-12-31-20/h4,6-7,13,15,19-20H,2-3,5,8-12,14,16H2,1H3/t20-/m0/s1. The molecular weight excluding hydrogens is 398 g/mol. The van der Waals surface area contributed by atoms with Crippen LogP contribution in [0.4, 0.5) is 8.78 Å². The number of aromatic nitrogens is 1. The Labute approximate surface area is 182 Å². The van der Waals surface area contributed by atoms with Crippen molar-refractivity contribution in [2.45, 2.75) is 63.9 Å². The van der Waals surface area contributed by atoms with Crippen LogP contribution in [-0.4, -0.2) is 41.6 Å². The zero-order valence-electron chi connectivity index (χ0n) is 18.1. The monoisotopic (exact) mass is 428 g/mol. The lowest BCUT2D eigenvalue weighted by Crippen LogP contribution is -2.40. The quantitative estimate of drug-likeness (QED) is 0.679. The summed E-state index contributed by atoms with van der Waals surface area (Å²) in [5.41, 5.74) is 2.75. The average Bonchev–Trinajstić information content (AvgIpc) is 2.77. The molecular formula is C25H30F2N2O2. The molecule has 0 radical (unpaired) electrons. The molecule has 2 fully saturated rings. The maximum Gasteiger partial charge on any atom is 0.225 e. The molecule has 4 nitrogen and oxygen atoms in total. The Balaban J connectivity index is 1.38. The van der Waals surface area contributed by atoms with Gasteiger partial charge in [-0.25, -0.2) is 8.78 Å². The normalized spacial score (nSPS) is 20.1. The van der Waals surface area contributed by atoms with Gasteiger partial charge in [-0.3, -0.25) is 9.78 Å². The second-order valence-corrected chi connectivity index (χ2v) is 8.77. The topological polar surface area (TPSA) is 42.4 Å². The van der Waals surface area contributed by atoms with Gasteiger partial charge < -0.3 is 9.64 Å². The van der Waals surface area contributed by atoms with Gasteiger partial charge in [-0.15, -0.1) is 0 Å². The third kappa shape index (κ3) is 5.48. The minimum Gasteiger partial charge on any atom is -0.378 e. The van der Waals surface area contributed by atoms with Crippen molar-refractivity contribution in [3.8, 4) is 0 Å². The summed E-state index contributed by atoms with van der Waals surface area (Å²) in [5.74, 6) is -0.619. The van der Waals surface area contributed by atoms with Gasteiger partial charge in [-0.05, 0) is 68.9 Å². The van der Waals surface area contributed by atoms with Crippen molar-refractivity contribution in [3.05, 3.63) is 64.5 Å². The molecule has 4 rings (SSSR count). The summed E-state index contributed by atoms with van der Waals surface area (Å²) in [6.07, 6.45) is 5.64. The predicted molar refractivity (Wildman–Crippen MR) is 115 cm³/mol. The van der Waals surface area contributed by atoms with Gasteiger partial charge in [0.15, 0.2) is 0 Å². The molecule has 0 aliphatic carbocycles. The van der Waals surface area contributed by atoms with Crippen LogP contribution in [0.25, 0.3) is 0 Å². The Morgan fingerprint density at radius 2 is 1.87 bits per heavy atom. The van der Waals surface area contributed by atoms with Crippen LogP contribution >= 0.6 is 0 Å². The molecule has 0 bridgehead atoms. The van der Waals surface area contributed by atoms with E-state index in [9.17, 15) is 13.6 Å². The summed E-state index contributed by atoms with van der Waals surface area (Å²) in [5, 5.41) is 0. The molecule has 1 aromatic carbocycles. The van der Waals surface area contributed by atoms with Gasteiger partial charge in [0, 0.05) is 49.0 Å². The maximum atomic E-state index is 14.1. The summed E-state index contributed by atoms with van der Waals surface area (Å²) in [7, 11) is 0. The molecule has 2 saturated heterocycles. The Bertz CT molecular complexity index is 899. The fourth-order valence-electron chi connectivity index (χ4n) is 4.70. The van der Waals surface area contributed by atoms with E-state index in [2.05, 4.69) is 0 Å². The number of likely N-dealkylation sites (tertiary alicyclic amines) is 1. The molecule has 2 aromatic rings. The summed E-state index contributed by atoms with van der Waals surface area (Å²) in [6.45, 7) is 4.10. The van der Waals surface area contributed by atoms with Gasteiger partial charge in [0.25, 0.3) is 0 Å². The highest BCUT2D eigenvalue weighted by atomic mass is 19.1. The first-order valence-corrected chi connectivity index (χ1v) is 11.3. The third-order valence-electron chi connectivity index (χ3n) is 6.42. The van der Waals surface area contributed by atoms with E-state index in [0.29, 0.717) is 19.5 Å². The number of rotatable bonds is 5. The van der Waals surface area contributed by atoms with Crippen molar-refractivity contribution >= 4 is 5.91 Å². The number of amides is 1. The van der Waals surface area contributed by atoms with Crippen LogP contribution in [0.15, 0.2) is 30.3 Å². The fourth-order valence-corrected chi connectivity index (χ4v) is 4.70. The van der Waals surface area contributed by atoms with E-state index >= 15 is 0 Å². The van der Waals surface area contributed by atoms with Crippen LogP contribution in [0.3, 0.4) is 0 Å². The number of ether oxygens (including phenoxy) is 1. The number of carbonyl (C=O) groups excluding carboxylic acids is 1. The highest BCUT2D eigenvalue weighted by molar-refractivity contribution is 5.76. The molecule has 166 valence electrons. The Hall–Kier alpha value is -2.34. The Morgan fingerprint density at radius 1 is 1.13 bits per heavy atom.